The van der Waals surface area contributed by atoms with E-state index >= 15 is 0 Å². The van der Waals surface area contributed by atoms with Gasteiger partial charge >= 0.3 is 7.32 Å². The van der Waals surface area contributed by atoms with Gasteiger partial charge in [0.2, 0.25) is 0 Å². The number of fused-ring (bicyclic) bond motifs is 4. The third kappa shape index (κ3) is 4.41. The average molecular weight is 414 g/mol. The molecule has 0 aromatic heterocycles. The first-order chi connectivity index (χ1) is 14.5. The second-order valence-corrected chi connectivity index (χ2v) is 10.5. The Morgan fingerprint density at radius 3 is 1.94 bits per heavy atom. The van der Waals surface area contributed by atoms with Gasteiger partial charge in [0.25, 0.3) is 0 Å². The van der Waals surface area contributed by atoms with Crippen molar-refractivity contribution < 1.29 is 14.3 Å². The van der Waals surface area contributed by atoms with E-state index in [1.807, 2.05) is 18.2 Å². The summed E-state index contributed by atoms with van der Waals surface area (Å²) in [6.07, 6.45) is -0.189. The molecule has 0 bridgehead atoms. The molecule has 0 atom stereocenters. The fourth-order valence-corrected chi connectivity index (χ4v) is 4.83. The van der Waals surface area contributed by atoms with E-state index in [0.29, 0.717) is 5.75 Å². The summed E-state index contributed by atoms with van der Waals surface area (Å²) in [7, 11) is -1.36. The Balaban J connectivity index is 1.77. The monoisotopic (exact) mass is 414 g/mol. The average Bonchev–Trinajstić information content (AvgIpc) is 2.69. The van der Waals surface area contributed by atoms with E-state index in [0.717, 1.165) is 21.5 Å². The maximum atomic E-state index is 10.8. The van der Waals surface area contributed by atoms with Crippen LogP contribution in [0.3, 0.4) is 0 Å². The number of hydrogen-bond acceptors (Lipinski definition) is 3. The van der Waals surface area contributed by atoms with Gasteiger partial charge in [0, 0.05) is 5.39 Å². The fourth-order valence-electron chi connectivity index (χ4n) is 4.83. The molecule has 160 valence electrons. The normalized spacial score (nSPS) is 12.8. The summed E-state index contributed by atoms with van der Waals surface area (Å²) >= 11 is 0. The first-order valence-electron chi connectivity index (χ1n) is 10.9. The first kappa shape index (κ1) is 21.7. The van der Waals surface area contributed by atoms with Gasteiger partial charge in [-0.15, -0.1) is 0 Å². The first-order valence-corrected chi connectivity index (χ1v) is 10.9. The van der Waals surface area contributed by atoms with Crippen LogP contribution in [0.15, 0.2) is 66.7 Å². The Bertz CT molecular complexity index is 1220. The molecule has 0 saturated carbocycles. The molecule has 0 heterocycles. The SMILES string of the molecule is CC(C)(C)C(OB(O)Oc1cccc2ccc3cc4ccccc4cc3c12)C(C)(C)C. The second kappa shape index (κ2) is 7.85. The summed E-state index contributed by atoms with van der Waals surface area (Å²) in [6.45, 7) is 12.7. The summed E-state index contributed by atoms with van der Waals surface area (Å²) < 4.78 is 12.0. The van der Waals surface area contributed by atoms with Crippen LogP contribution >= 0.6 is 0 Å². The van der Waals surface area contributed by atoms with Crippen molar-refractivity contribution in [2.45, 2.75) is 47.6 Å². The molecule has 4 heteroatoms. The van der Waals surface area contributed by atoms with E-state index in [-0.39, 0.29) is 16.9 Å². The van der Waals surface area contributed by atoms with E-state index in [4.69, 9.17) is 9.31 Å². The van der Waals surface area contributed by atoms with Crippen LogP contribution in [-0.4, -0.2) is 18.4 Å². The third-order valence-corrected chi connectivity index (χ3v) is 5.74. The minimum atomic E-state index is -1.36. The molecule has 0 saturated heterocycles. The smallest absolute Gasteiger partial charge is 0.511 e. The summed E-state index contributed by atoms with van der Waals surface area (Å²) in [5.41, 5.74) is -0.292. The van der Waals surface area contributed by atoms with Crippen molar-refractivity contribution in [2.75, 3.05) is 0 Å². The third-order valence-electron chi connectivity index (χ3n) is 5.74. The zero-order valence-corrected chi connectivity index (χ0v) is 19.3. The highest BCUT2D eigenvalue weighted by Crippen LogP contribution is 2.38. The molecule has 4 aromatic carbocycles. The van der Waals surface area contributed by atoms with Gasteiger partial charge in [0.1, 0.15) is 5.75 Å². The molecule has 31 heavy (non-hydrogen) atoms. The zero-order chi connectivity index (χ0) is 22.4. The van der Waals surface area contributed by atoms with Crippen LogP contribution in [0.4, 0.5) is 0 Å². The van der Waals surface area contributed by atoms with E-state index in [1.165, 1.54) is 10.8 Å². The van der Waals surface area contributed by atoms with Crippen LogP contribution < -0.4 is 4.65 Å². The van der Waals surface area contributed by atoms with E-state index in [9.17, 15) is 5.02 Å². The summed E-state index contributed by atoms with van der Waals surface area (Å²) in [4.78, 5) is 0. The Labute approximate surface area is 185 Å². The predicted octanol–water partition coefficient (Wildman–Crippen LogP) is 6.98. The lowest BCUT2D eigenvalue weighted by atomic mass is 9.73. The van der Waals surface area contributed by atoms with Crippen LogP contribution in [-0.2, 0) is 4.65 Å². The van der Waals surface area contributed by atoms with Gasteiger partial charge in [0.05, 0.1) is 6.10 Å². The minimum absolute atomic E-state index is 0.146. The topological polar surface area (TPSA) is 38.7 Å². The Morgan fingerprint density at radius 1 is 0.710 bits per heavy atom. The van der Waals surface area contributed by atoms with Gasteiger partial charge in [0.15, 0.2) is 0 Å². The van der Waals surface area contributed by atoms with Crippen molar-refractivity contribution >= 4 is 39.6 Å². The standard InChI is InChI=1S/C27H31BO3/c1-26(2,3)25(27(4,5)6)31-28(29)30-23-13-9-12-18-14-15-21-16-19-10-7-8-11-20(19)17-22(21)24(18)23/h7-17,25,29H,1-6H3. The number of hydrogen-bond donors (Lipinski definition) is 1. The van der Waals surface area contributed by atoms with Crippen molar-refractivity contribution in [1.29, 1.82) is 0 Å². The van der Waals surface area contributed by atoms with Crippen LogP contribution in [0.25, 0.3) is 32.3 Å². The quantitative estimate of drug-likeness (QED) is 0.222. The molecule has 3 nitrogen and oxygen atoms in total. The second-order valence-electron chi connectivity index (χ2n) is 10.5. The van der Waals surface area contributed by atoms with Crippen molar-refractivity contribution in [1.82, 2.24) is 0 Å². The van der Waals surface area contributed by atoms with Crippen LogP contribution in [0.2, 0.25) is 0 Å². The van der Waals surface area contributed by atoms with Crippen molar-refractivity contribution in [3.63, 3.8) is 0 Å². The Morgan fingerprint density at radius 2 is 1.29 bits per heavy atom. The van der Waals surface area contributed by atoms with Gasteiger partial charge in [-0.2, -0.15) is 0 Å². The molecule has 0 aliphatic heterocycles. The van der Waals surface area contributed by atoms with E-state index in [2.05, 4.69) is 90.1 Å². The van der Waals surface area contributed by atoms with E-state index < -0.39 is 7.32 Å². The molecule has 0 aliphatic carbocycles. The van der Waals surface area contributed by atoms with Gasteiger partial charge in [-0.25, -0.2) is 0 Å². The minimum Gasteiger partial charge on any atom is -0.511 e. The van der Waals surface area contributed by atoms with Gasteiger partial charge in [-0.3, -0.25) is 0 Å². The molecular formula is C27H31BO3. The molecule has 4 aromatic rings. The predicted molar refractivity (Wildman–Crippen MR) is 131 cm³/mol. The zero-order valence-electron chi connectivity index (χ0n) is 19.3. The van der Waals surface area contributed by atoms with Crippen molar-refractivity contribution in [3.05, 3.63) is 66.7 Å². The van der Waals surface area contributed by atoms with Crippen molar-refractivity contribution in [2.24, 2.45) is 10.8 Å². The summed E-state index contributed by atoms with van der Waals surface area (Å²) in [5.74, 6) is 0.618. The Hall–Kier alpha value is -2.56. The maximum Gasteiger partial charge on any atom is 0.710 e. The summed E-state index contributed by atoms with van der Waals surface area (Å²) in [5, 5.41) is 17.4. The fraction of sp³-hybridized carbons (Fsp3) is 0.333. The van der Waals surface area contributed by atoms with Crippen LogP contribution in [0.1, 0.15) is 41.5 Å². The molecule has 0 aliphatic rings. The highest BCUT2D eigenvalue weighted by atomic mass is 16.7. The van der Waals surface area contributed by atoms with Crippen molar-refractivity contribution in [3.8, 4) is 5.75 Å². The molecule has 4 rings (SSSR count). The van der Waals surface area contributed by atoms with Gasteiger partial charge in [-0.1, -0.05) is 90.1 Å². The summed E-state index contributed by atoms with van der Waals surface area (Å²) in [6, 6.07) is 22.9. The lowest BCUT2D eigenvalue weighted by molar-refractivity contribution is -0.0300. The lowest BCUT2D eigenvalue weighted by Crippen LogP contribution is -2.46. The molecule has 0 spiro atoms. The lowest BCUT2D eigenvalue weighted by Gasteiger charge is -2.40. The van der Waals surface area contributed by atoms with Gasteiger partial charge in [-0.05, 0) is 56.0 Å². The molecule has 1 N–H and O–H groups in total. The molecule has 0 unspecified atom stereocenters. The largest absolute Gasteiger partial charge is 0.710 e. The molecule has 0 amide bonds. The van der Waals surface area contributed by atoms with E-state index in [1.54, 1.807) is 0 Å². The highest BCUT2D eigenvalue weighted by Gasteiger charge is 2.40. The number of rotatable bonds is 4. The maximum absolute atomic E-state index is 10.8. The van der Waals surface area contributed by atoms with Gasteiger partial charge < -0.3 is 14.3 Å². The molecule has 0 fully saturated rings. The van der Waals surface area contributed by atoms with Crippen LogP contribution in [0.5, 0.6) is 5.75 Å². The number of benzene rings is 4. The molecule has 0 radical (unpaired) electrons. The molecular weight excluding hydrogens is 383 g/mol. The Kier molecular flexibility index (Phi) is 5.49. The highest BCUT2D eigenvalue weighted by molar-refractivity contribution is 6.36. The van der Waals surface area contributed by atoms with Crippen LogP contribution in [0, 0.1) is 10.8 Å².